The number of ether oxygens (including phenoxy) is 1. The van der Waals surface area contributed by atoms with Gasteiger partial charge in [0.2, 0.25) is 0 Å². The lowest BCUT2D eigenvalue weighted by molar-refractivity contribution is 0.0954. The number of aromatic nitrogens is 2. The molecule has 0 aliphatic heterocycles. The molecule has 0 saturated carbocycles. The zero-order valence-electron chi connectivity index (χ0n) is 19.7. The predicted molar refractivity (Wildman–Crippen MR) is 138 cm³/mol. The maximum atomic E-state index is 12.5. The summed E-state index contributed by atoms with van der Waals surface area (Å²) in [5.41, 5.74) is 5.00. The van der Waals surface area contributed by atoms with Crippen LogP contribution in [0.4, 0.5) is 0 Å². The largest absolute Gasteiger partial charge is 0.494 e. The van der Waals surface area contributed by atoms with Gasteiger partial charge in [0.15, 0.2) is 0 Å². The van der Waals surface area contributed by atoms with Crippen LogP contribution in [0, 0.1) is 13.8 Å². The van der Waals surface area contributed by atoms with E-state index in [1.165, 1.54) is 11.1 Å². The molecule has 34 heavy (non-hydrogen) atoms. The Hall–Kier alpha value is -3.31. The van der Waals surface area contributed by atoms with E-state index in [-0.39, 0.29) is 5.91 Å². The van der Waals surface area contributed by atoms with Gasteiger partial charge in [-0.15, -0.1) is 0 Å². The summed E-state index contributed by atoms with van der Waals surface area (Å²) in [7, 11) is 0. The van der Waals surface area contributed by atoms with Crippen LogP contribution < -0.4 is 10.1 Å². The minimum absolute atomic E-state index is 0.170. The molecule has 0 radical (unpaired) electrons. The lowest BCUT2D eigenvalue weighted by atomic mass is 10.1. The fourth-order valence-electron chi connectivity index (χ4n) is 4.17. The molecule has 1 heterocycles. The summed E-state index contributed by atoms with van der Waals surface area (Å²) in [6.07, 6.45) is 2.57. The number of halogens is 1. The first kappa shape index (κ1) is 23.8. The standard InChI is InChI=1S/C28H30ClN3O2/c1-20-17-21(2)19-22(18-20)34-16-8-7-15-32-26-12-6-5-11-25(26)31-27(32)13-14-30-28(33)23-9-3-4-10-24(23)29/h3-6,9-12,17-19H,7-8,13-16H2,1-2H3,(H,30,33). The summed E-state index contributed by atoms with van der Waals surface area (Å²) in [4.78, 5) is 17.3. The second kappa shape index (κ2) is 11.2. The van der Waals surface area contributed by atoms with Crippen LogP contribution in [0.25, 0.3) is 11.0 Å². The van der Waals surface area contributed by atoms with E-state index in [2.05, 4.69) is 48.0 Å². The lowest BCUT2D eigenvalue weighted by Crippen LogP contribution is -2.26. The van der Waals surface area contributed by atoms with E-state index in [4.69, 9.17) is 21.3 Å². The zero-order valence-corrected chi connectivity index (χ0v) is 20.4. The molecule has 4 rings (SSSR count). The van der Waals surface area contributed by atoms with Crippen molar-refractivity contribution in [2.75, 3.05) is 13.2 Å². The van der Waals surface area contributed by atoms with Gasteiger partial charge in [-0.05, 0) is 74.2 Å². The van der Waals surface area contributed by atoms with Crippen LogP contribution in [0.1, 0.15) is 40.2 Å². The smallest absolute Gasteiger partial charge is 0.252 e. The molecule has 6 heteroatoms. The molecule has 0 aliphatic rings. The number of nitrogens with zero attached hydrogens (tertiary/aromatic N) is 2. The molecule has 1 amide bonds. The van der Waals surface area contributed by atoms with E-state index in [0.29, 0.717) is 30.2 Å². The lowest BCUT2D eigenvalue weighted by Gasteiger charge is -2.11. The Morgan fingerprint density at radius 2 is 1.74 bits per heavy atom. The van der Waals surface area contributed by atoms with E-state index in [9.17, 15) is 4.79 Å². The van der Waals surface area contributed by atoms with Gasteiger partial charge in [0, 0.05) is 19.5 Å². The molecule has 4 aromatic rings. The number of fused-ring (bicyclic) bond motifs is 1. The number of para-hydroxylation sites is 2. The van der Waals surface area contributed by atoms with Crippen molar-refractivity contribution in [2.24, 2.45) is 0 Å². The summed E-state index contributed by atoms with van der Waals surface area (Å²) in [5.74, 6) is 1.73. The number of imidazole rings is 1. The SMILES string of the molecule is Cc1cc(C)cc(OCCCCn2c(CCNC(=O)c3ccccc3Cl)nc3ccccc32)c1. The Morgan fingerprint density at radius 3 is 2.53 bits per heavy atom. The van der Waals surface area contributed by atoms with Gasteiger partial charge in [-0.1, -0.05) is 41.9 Å². The van der Waals surface area contributed by atoms with Crippen LogP contribution in [0.3, 0.4) is 0 Å². The molecule has 0 spiro atoms. The number of nitrogens with one attached hydrogen (secondary N) is 1. The summed E-state index contributed by atoms with van der Waals surface area (Å²) in [6.45, 7) is 6.19. The van der Waals surface area contributed by atoms with Crippen LogP contribution in [0.2, 0.25) is 5.02 Å². The average molecular weight is 476 g/mol. The van der Waals surface area contributed by atoms with Crippen molar-refractivity contribution in [3.05, 3.63) is 94.3 Å². The highest BCUT2D eigenvalue weighted by Crippen LogP contribution is 2.19. The van der Waals surface area contributed by atoms with Crippen LogP contribution >= 0.6 is 11.6 Å². The van der Waals surface area contributed by atoms with E-state index >= 15 is 0 Å². The number of hydrogen-bond acceptors (Lipinski definition) is 3. The topological polar surface area (TPSA) is 56.1 Å². The van der Waals surface area contributed by atoms with E-state index < -0.39 is 0 Å². The number of carbonyl (C=O) groups is 1. The van der Waals surface area contributed by atoms with Crippen molar-refractivity contribution >= 4 is 28.5 Å². The maximum Gasteiger partial charge on any atom is 0.252 e. The van der Waals surface area contributed by atoms with Gasteiger partial charge in [0.25, 0.3) is 5.91 Å². The Morgan fingerprint density at radius 1 is 1.00 bits per heavy atom. The first-order valence-corrected chi connectivity index (χ1v) is 12.1. The van der Waals surface area contributed by atoms with Gasteiger partial charge in [0.05, 0.1) is 28.2 Å². The normalized spacial score (nSPS) is 11.0. The van der Waals surface area contributed by atoms with Gasteiger partial charge in [0.1, 0.15) is 11.6 Å². The second-order valence-corrected chi connectivity index (χ2v) is 8.94. The van der Waals surface area contributed by atoms with Crippen LogP contribution in [-0.4, -0.2) is 28.6 Å². The highest BCUT2D eigenvalue weighted by molar-refractivity contribution is 6.33. The highest BCUT2D eigenvalue weighted by atomic mass is 35.5. The molecule has 0 aliphatic carbocycles. The fourth-order valence-corrected chi connectivity index (χ4v) is 4.39. The molecule has 1 aromatic heterocycles. The summed E-state index contributed by atoms with van der Waals surface area (Å²) in [6, 6.07) is 21.5. The molecule has 0 bridgehead atoms. The number of unbranched alkanes of at least 4 members (excludes halogenated alkanes) is 1. The Labute approximate surface area is 205 Å². The van der Waals surface area contributed by atoms with Gasteiger partial charge in [-0.2, -0.15) is 0 Å². The maximum absolute atomic E-state index is 12.5. The quantitative estimate of drug-likeness (QED) is 0.280. The van der Waals surface area contributed by atoms with Crippen molar-refractivity contribution in [3.8, 4) is 5.75 Å². The van der Waals surface area contributed by atoms with Gasteiger partial charge in [-0.3, -0.25) is 4.79 Å². The van der Waals surface area contributed by atoms with Crippen LogP contribution in [-0.2, 0) is 13.0 Å². The number of carbonyl (C=O) groups excluding carboxylic acids is 1. The first-order chi connectivity index (χ1) is 16.5. The van der Waals surface area contributed by atoms with Gasteiger partial charge in [-0.25, -0.2) is 4.98 Å². The average Bonchev–Trinajstić information content (AvgIpc) is 3.16. The molecule has 0 unspecified atom stereocenters. The van der Waals surface area contributed by atoms with E-state index in [1.54, 1.807) is 12.1 Å². The fraction of sp³-hybridized carbons (Fsp3) is 0.286. The summed E-state index contributed by atoms with van der Waals surface area (Å²) < 4.78 is 8.22. The van der Waals surface area contributed by atoms with Crippen molar-refractivity contribution < 1.29 is 9.53 Å². The van der Waals surface area contributed by atoms with Crippen LogP contribution in [0.5, 0.6) is 5.75 Å². The third kappa shape index (κ3) is 5.97. The first-order valence-electron chi connectivity index (χ1n) is 11.7. The number of hydrogen-bond donors (Lipinski definition) is 1. The Kier molecular flexibility index (Phi) is 7.86. The monoisotopic (exact) mass is 475 g/mol. The predicted octanol–water partition coefficient (Wildman–Crippen LogP) is 6.14. The molecule has 176 valence electrons. The van der Waals surface area contributed by atoms with E-state index in [0.717, 1.165) is 42.0 Å². The molecule has 3 aromatic carbocycles. The van der Waals surface area contributed by atoms with E-state index in [1.807, 2.05) is 30.3 Å². The minimum Gasteiger partial charge on any atom is -0.494 e. The minimum atomic E-state index is -0.170. The van der Waals surface area contributed by atoms with Crippen molar-refractivity contribution in [2.45, 2.75) is 39.7 Å². The zero-order chi connectivity index (χ0) is 23.9. The molecule has 1 N–H and O–H groups in total. The molecular weight excluding hydrogens is 446 g/mol. The molecule has 0 saturated heterocycles. The molecule has 5 nitrogen and oxygen atoms in total. The van der Waals surface area contributed by atoms with Crippen LogP contribution in [0.15, 0.2) is 66.7 Å². The number of amides is 1. The summed E-state index contributed by atoms with van der Waals surface area (Å²) >= 11 is 6.14. The van der Waals surface area contributed by atoms with Crippen molar-refractivity contribution in [1.82, 2.24) is 14.9 Å². The van der Waals surface area contributed by atoms with Gasteiger partial charge >= 0.3 is 0 Å². The Balaban J connectivity index is 1.34. The second-order valence-electron chi connectivity index (χ2n) is 8.53. The number of benzene rings is 3. The van der Waals surface area contributed by atoms with Crippen molar-refractivity contribution in [3.63, 3.8) is 0 Å². The number of aryl methyl sites for hydroxylation is 3. The highest BCUT2D eigenvalue weighted by Gasteiger charge is 2.12. The third-order valence-electron chi connectivity index (χ3n) is 5.73. The third-order valence-corrected chi connectivity index (χ3v) is 6.06. The molecular formula is C28H30ClN3O2. The number of rotatable bonds is 10. The molecule has 0 fully saturated rings. The van der Waals surface area contributed by atoms with Gasteiger partial charge < -0.3 is 14.6 Å². The van der Waals surface area contributed by atoms with Crippen molar-refractivity contribution in [1.29, 1.82) is 0 Å². The Bertz CT molecular complexity index is 1260. The molecule has 0 atom stereocenters. The summed E-state index contributed by atoms with van der Waals surface area (Å²) in [5, 5.41) is 3.42.